The number of carbonyl (C=O) groups is 1. The van der Waals surface area contributed by atoms with E-state index in [4.69, 9.17) is 0 Å². The average molecular weight is 193 g/mol. The number of amides is 1. The molecule has 0 bridgehead atoms. The first kappa shape index (κ1) is 8.19. The molecule has 0 spiro atoms. The van der Waals surface area contributed by atoms with E-state index in [0.717, 1.165) is 11.3 Å². The number of hydrogen-bond acceptors (Lipinski definition) is 2. The first-order chi connectivity index (χ1) is 6.31. The molecule has 0 fully saturated rings. The lowest BCUT2D eigenvalue weighted by atomic mass is 10.0. The maximum absolute atomic E-state index is 11.1. The van der Waals surface area contributed by atoms with E-state index in [1.165, 1.54) is 0 Å². The fourth-order valence-corrected chi connectivity index (χ4v) is 1.80. The molecule has 0 aliphatic carbocycles. The summed E-state index contributed by atoms with van der Waals surface area (Å²) in [5.74, 6) is -0.114. The second kappa shape index (κ2) is 3.14. The molecule has 3 nitrogen and oxygen atoms in total. The summed E-state index contributed by atoms with van der Waals surface area (Å²) in [6.07, 6.45) is 0.200. The highest BCUT2D eigenvalue weighted by Gasteiger charge is 2.19. The quantitative estimate of drug-likeness (QED) is 0.618. The Kier molecular flexibility index (Phi) is 1.98. The summed E-state index contributed by atoms with van der Waals surface area (Å²) in [5.41, 5.74) is 1.58. The zero-order valence-corrected chi connectivity index (χ0v) is 7.56. The van der Waals surface area contributed by atoms with Gasteiger partial charge in [0.2, 0.25) is 5.91 Å². The van der Waals surface area contributed by atoms with Crippen molar-refractivity contribution in [2.45, 2.75) is 6.42 Å². The average Bonchev–Trinajstić information content (AvgIpc) is 2.16. The standard InChI is InChI=1S/C9H7NO2S/c11-9-5-8(13-12)6-3-1-2-4-7(6)10-9/h1-4H,5H2,(H,10,11). The molecule has 0 aromatic heterocycles. The van der Waals surface area contributed by atoms with E-state index in [1.54, 1.807) is 6.07 Å². The fraction of sp³-hybridized carbons (Fsp3) is 0.111. The van der Waals surface area contributed by atoms with Gasteiger partial charge < -0.3 is 5.32 Å². The molecular weight excluding hydrogens is 186 g/mol. The third-order valence-electron chi connectivity index (χ3n) is 1.92. The van der Waals surface area contributed by atoms with Crippen LogP contribution < -0.4 is 5.32 Å². The van der Waals surface area contributed by atoms with Crippen LogP contribution in [0, 0.1) is 0 Å². The molecule has 0 saturated heterocycles. The predicted octanol–water partition coefficient (Wildman–Crippen LogP) is 0.762. The van der Waals surface area contributed by atoms with Gasteiger partial charge in [0.1, 0.15) is 0 Å². The molecule has 0 radical (unpaired) electrons. The number of nitrogens with one attached hydrogen (secondary N) is 1. The van der Waals surface area contributed by atoms with Gasteiger partial charge >= 0.3 is 0 Å². The highest BCUT2D eigenvalue weighted by molar-refractivity contribution is 7.67. The zero-order chi connectivity index (χ0) is 9.26. The molecule has 1 aromatic carbocycles. The number of fused-ring (bicyclic) bond motifs is 1. The van der Waals surface area contributed by atoms with Crippen LogP contribution >= 0.6 is 0 Å². The minimum atomic E-state index is -0.114. The molecule has 13 heavy (non-hydrogen) atoms. The molecule has 2 rings (SSSR count). The van der Waals surface area contributed by atoms with Crippen molar-refractivity contribution >= 4 is 27.7 Å². The number of rotatable bonds is 0. The molecule has 1 aliphatic rings. The van der Waals surface area contributed by atoms with Crippen LogP contribution in [0.2, 0.25) is 0 Å². The minimum absolute atomic E-state index is 0.114. The first-order valence-electron chi connectivity index (χ1n) is 3.86. The van der Waals surface area contributed by atoms with Crippen LogP contribution in [-0.2, 0) is 16.1 Å². The van der Waals surface area contributed by atoms with E-state index in [1.807, 2.05) is 18.2 Å². The van der Waals surface area contributed by atoms with E-state index >= 15 is 0 Å². The maximum Gasteiger partial charge on any atom is 0.229 e. The SMILES string of the molecule is O=S=C1CC(=O)Nc2ccccc21. The summed E-state index contributed by atoms with van der Waals surface area (Å²) in [6, 6.07) is 7.32. The fourth-order valence-electron chi connectivity index (χ4n) is 1.35. The molecule has 1 aromatic rings. The van der Waals surface area contributed by atoms with E-state index in [2.05, 4.69) is 5.32 Å². The molecule has 1 aliphatic heterocycles. The summed E-state index contributed by atoms with van der Waals surface area (Å²) >= 11 is 0.398. The second-order valence-corrected chi connectivity index (χ2v) is 3.44. The molecule has 0 atom stereocenters. The van der Waals surface area contributed by atoms with E-state index in [-0.39, 0.29) is 12.3 Å². The topological polar surface area (TPSA) is 46.2 Å². The van der Waals surface area contributed by atoms with Crippen molar-refractivity contribution in [1.82, 2.24) is 0 Å². The molecule has 1 amide bonds. The number of carbonyl (C=O) groups excluding carboxylic acids is 1. The Morgan fingerprint density at radius 1 is 1.31 bits per heavy atom. The van der Waals surface area contributed by atoms with Gasteiger partial charge in [0.05, 0.1) is 22.5 Å². The third kappa shape index (κ3) is 1.40. The Bertz CT molecular complexity index is 421. The van der Waals surface area contributed by atoms with Crippen molar-refractivity contribution in [2.75, 3.05) is 5.32 Å². The molecule has 1 N–H and O–H groups in total. The smallest absolute Gasteiger partial charge is 0.229 e. The van der Waals surface area contributed by atoms with Crippen LogP contribution in [-0.4, -0.2) is 15.0 Å². The summed E-state index contributed by atoms with van der Waals surface area (Å²) in [6.45, 7) is 0. The predicted molar refractivity (Wildman–Crippen MR) is 51.9 cm³/mol. The van der Waals surface area contributed by atoms with Gasteiger partial charge in [0.25, 0.3) is 0 Å². The van der Waals surface area contributed by atoms with Gasteiger partial charge in [-0.05, 0) is 6.07 Å². The van der Waals surface area contributed by atoms with Crippen molar-refractivity contribution in [3.63, 3.8) is 0 Å². The van der Waals surface area contributed by atoms with E-state index in [9.17, 15) is 9.00 Å². The Labute approximate surface area is 78.8 Å². The van der Waals surface area contributed by atoms with Crippen LogP contribution in [0.5, 0.6) is 0 Å². The monoisotopic (exact) mass is 193 g/mol. The van der Waals surface area contributed by atoms with Crippen LogP contribution in [0.4, 0.5) is 5.69 Å². The molecule has 4 heteroatoms. The third-order valence-corrected chi connectivity index (χ3v) is 2.49. The summed E-state index contributed by atoms with van der Waals surface area (Å²) < 4.78 is 10.7. The Morgan fingerprint density at radius 3 is 2.85 bits per heavy atom. The molecule has 1 heterocycles. The lowest BCUT2D eigenvalue weighted by Crippen LogP contribution is -2.24. The van der Waals surface area contributed by atoms with Gasteiger partial charge in [-0.3, -0.25) is 4.79 Å². The Hall–Kier alpha value is -1.42. The second-order valence-electron chi connectivity index (χ2n) is 2.78. The van der Waals surface area contributed by atoms with Crippen LogP contribution in [0.3, 0.4) is 0 Å². The summed E-state index contributed by atoms with van der Waals surface area (Å²) in [7, 11) is 0. The van der Waals surface area contributed by atoms with Crippen molar-refractivity contribution in [3.05, 3.63) is 29.8 Å². The molecule has 0 saturated carbocycles. The van der Waals surface area contributed by atoms with E-state index < -0.39 is 0 Å². The highest BCUT2D eigenvalue weighted by Crippen LogP contribution is 2.21. The first-order valence-corrected chi connectivity index (χ1v) is 4.60. The van der Waals surface area contributed by atoms with Crippen molar-refractivity contribution in [3.8, 4) is 0 Å². The summed E-state index contributed by atoms with van der Waals surface area (Å²) in [4.78, 5) is 11.7. The highest BCUT2D eigenvalue weighted by atomic mass is 32.1. The van der Waals surface area contributed by atoms with Gasteiger partial charge in [0, 0.05) is 11.3 Å². The molecule has 0 unspecified atom stereocenters. The van der Waals surface area contributed by atoms with Gasteiger partial charge in [-0.15, -0.1) is 0 Å². The minimum Gasteiger partial charge on any atom is -0.325 e. The lowest BCUT2D eigenvalue weighted by molar-refractivity contribution is -0.115. The number of benzene rings is 1. The Balaban J connectivity index is 2.62. The zero-order valence-electron chi connectivity index (χ0n) is 6.74. The number of hydrogen-bond donors (Lipinski definition) is 1. The largest absolute Gasteiger partial charge is 0.325 e. The Morgan fingerprint density at radius 2 is 2.08 bits per heavy atom. The summed E-state index contributed by atoms with van der Waals surface area (Å²) in [5, 5.41) is 2.71. The van der Waals surface area contributed by atoms with Crippen molar-refractivity contribution < 1.29 is 9.00 Å². The van der Waals surface area contributed by atoms with Gasteiger partial charge in [0.15, 0.2) is 0 Å². The van der Waals surface area contributed by atoms with E-state index in [0.29, 0.717) is 16.1 Å². The lowest BCUT2D eigenvalue weighted by Gasteiger charge is -2.16. The number of para-hydroxylation sites is 1. The maximum atomic E-state index is 11.1. The molecular formula is C9H7NO2S. The van der Waals surface area contributed by atoms with Crippen molar-refractivity contribution in [2.24, 2.45) is 0 Å². The van der Waals surface area contributed by atoms with Gasteiger partial charge in [-0.2, -0.15) is 0 Å². The normalized spacial score (nSPS) is 14.8. The van der Waals surface area contributed by atoms with Gasteiger partial charge in [-0.25, -0.2) is 4.21 Å². The van der Waals surface area contributed by atoms with Gasteiger partial charge in [-0.1, -0.05) is 18.2 Å². The van der Waals surface area contributed by atoms with Crippen LogP contribution in [0.15, 0.2) is 24.3 Å². The van der Waals surface area contributed by atoms with Crippen molar-refractivity contribution in [1.29, 1.82) is 0 Å². The van der Waals surface area contributed by atoms with Crippen LogP contribution in [0.25, 0.3) is 0 Å². The number of anilines is 1. The molecule has 66 valence electrons. The van der Waals surface area contributed by atoms with Crippen LogP contribution in [0.1, 0.15) is 12.0 Å².